The fraction of sp³-hybridized carbons (Fsp3) is 0.154. The number of ether oxygens (including phenoxy) is 2. The van der Waals surface area contributed by atoms with Gasteiger partial charge in [0, 0.05) is 16.7 Å². The summed E-state index contributed by atoms with van der Waals surface area (Å²) in [5, 5.41) is 11.4. The molecule has 3 aromatic carbocycles. The Morgan fingerprint density at radius 3 is 2.50 bits per heavy atom. The Bertz CT molecular complexity index is 1340. The van der Waals surface area contributed by atoms with Crippen LogP contribution in [0.5, 0.6) is 11.5 Å². The Kier molecular flexibility index (Phi) is 7.92. The molecule has 184 valence electrons. The van der Waals surface area contributed by atoms with Gasteiger partial charge < -0.3 is 9.47 Å². The van der Waals surface area contributed by atoms with Gasteiger partial charge in [0.1, 0.15) is 6.61 Å². The molecule has 0 N–H and O–H groups in total. The van der Waals surface area contributed by atoms with Crippen molar-refractivity contribution in [2.45, 2.75) is 20.1 Å². The molecule has 10 heteroatoms. The van der Waals surface area contributed by atoms with Crippen molar-refractivity contribution in [2.24, 2.45) is 0 Å². The molecular formula is C26H21ClN2O6S. The Hall–Kier alpha value is -3.82. The van der Waals surface area contributed by atoms with Crippen molar-refractivity contribution in [1.82, 2.24) is 4.90 Å². The summed E-state index contributed by atoms with van der Waals surface area (Å²) in [5.41, 5.74) is 1.73. The SMILES string of the molecule is CCOc1cc(/C=C2/SC(=O)N(Cc3ccccc3[N+](=O)[O-])C2=O)ccc1OCc1ccc(Cl)cc1. The number of nitro benzene ring substituents is 1. The molecule has 8 nitrogen and oxygen atoms in total. The zero-order chi connectivity index (χ0) is 25.7. The second-order valence-corrected chi connectivity index (χ2v) is 9.14. The maximum Gasteiger partial charge on any atom is 0.293 e. The maximum absolute atomic E-state index is 12.9. The number of carbonyl (C=O) groups excluding carboxylic acids is 2. The second kappa shape index (κ2) is 11.3. The van der Waals surface area contributed by atoms with Crippen molar-refractivity contribution in [3.63, 3.8) is 0 Å². The molecule has 1 aliphatic heterocycles. The highest BCUT2D eigenvalue weighted by molar-refractivity contribution is 8.18. The number of hydrogen-bond acceptors (Lipinski definition) is 7. The molecule has 0 spiro atoms. The topological polar surface area (TPSA) is 99.0 Å². The fourth-order valence-corrected chi connectivity index (χ4v) is 4.49. The summed E-state index contributed by atoms with van der Waals surface area (Å²) in [6, 6.07) is 18.6. The quantitative estimate of drug-likeness (QED) is 0.180. The average Bonchev–Trinajstić information content (AvgIpc) is 3.12. The third kappa shape index (κ3) is 5.87. The predicted molar refractivity (Wildman–Crippen MR) is 138 cm³/mol. The van der Waals surface area contributed by atoms with Gasteiger partial charge in [-0.25, -0.2) is 0 Å². The smallest absolute Gasteiger partial charge is 0.293 e. The summed E-state index contributed by atoms with van der Waals surface area (Å²) in [4.78, 5) is 37.5. The molecule has 0 saturated carbocycles. The zero-order valence-electron chi connectivity index (χ0n) is 19.2. The number of nitro groups is 1. The molecule has 1 saturated heterocycles. The fourth-order valence-electron chi connectivity index (χ4n) is 3.52. The summed E-state index contributed by atoms with van der Waals surface area (Å²) >= 11 is 6.72. The summed E-state index contributed by atoms with van der Waals surface area (Å²) in [6.45, 7) is 2.40. The molecule has 0 aromatic heterocycles. The number of amides is 2. The molecule has 3 aromatic rings. The van der Waals surface area contributed by atoms with Gasteiger partial charge in [0.2, 0.25) is 0 Å². The summed E-state index contributed by atoms with van der Waals surface area (Å²) in [7, 11) is 0. The number of imide groups is 1. The van der Waals surface area contributed by atoms with Crippen molar-refractivity contribution in [1.29, 1.82) is 0 Å². The van der Waals surface area contributed by atoms with Gasteiger partial charge in [-0.05, 0) is 60.2 Å². The predicted octanol–water partition coefficient (Wildman–Crippen LogP) is 6.46. The van der Waals surface area contributed by atoms with Gasteiger partial charge in [0.25, 0.3) is 16.8 Å². The van der Waals surface area contributed by atoms with Crippen molar-refractivity contribution in [3.05, 3.63) is 103 Å². The van der Waals surface area contributed by atoms with E-state index >= 15 is 0 Å². The van der Waals surface area contributed by atoms with Crippen LogP contribution in [0.15, 0.2) is 71.6 Å². The zero-order valence-corrected chi connectivity index (χ0v) is 20.8. The molecule has 36 heavy (non-hydrogen) atoms. The summed E-state index contributed by atoms with van der Waals surface area (Å²) in [5.74, 6) is 0.525. The maximum atomic E-state index is 12.9. The van der Waals surface area contributed by atoms with Crippen LogP contribution in [0.25, 0.3) is 6.08 Å². The first kappa shape index (κ1) is 25.3. The molecule has 0 radical (unpaired) electrons. The lowest BCUT2D eigenvalue weighted by Crippen LogP contribution is -2.27. The molecule has 1 fully saturated rings. The Balaban J connectivity index is 1.52. The lowest BCUT2D eigenvalue weighted by Gasteiger charge is -2.13. The Labute approximate surface area is 216 Å². The summed E-state index contributed by atoms with van der Waals surface area (Å²) in [6.07, 6.45) is 1.59. The molecular weight excluding hydrogens is 504 g/mol. The van der Waals surface area contributed by atoms with Crippen LogP contribution >= 0.6 is 23.4 Å². The van der Waals surface area contributed by atoms with Gasteiger partial charge in [-0.1, -0.05) is 48.0 Å². The van der Waals surface area contributed by atoms with Crippen LogP contribution in [0, 0.1) is 10.1 Å². The van der Waals surface area contributed by atoms with E-state index in [2.05, 4.69) is 0 Å². The van der Waals surface area contributed by atoms with E-state index < -0.39 is 16.1 Å². The lowest BCUT2D eigenvalue weighted by atomic mass is 10.1. The number of para-hydroxylation sites is 1. The Morgan fingerprint density at radius 2 is 1.78 bits per heavy atom. The number of hydrogen-bond donors (Lipinski definition) is 0. The third-order valence-corrected chi connectivity index (χ3v) is 6.42. The first-order valence-corrected chi connectivity index (χ1v) is 12.2. The van der Waals surface area contributed by atoms with Crippen LogP contribution in [0.1, 0.15) is 23.6 Å². The molecule has 1 heterocycles. The van der Waals surface area contributed by atoms with Crippen LogP contribution in [-0.2, 0) is 17.9 Å². The van der Waals surface area contributed by atoms with Gasteiger partial charge in [0.15, 0.2) is 11.5 Å². The number of benzene rings is 3. The molecule has 2 amide bonds. The van der Waals surface area contributed by atoms with E-state index in [9.17, 15) is 19.7 Å². The normalized spacial score (nSPS) is 14.4. The summed E-state index contributed by atoms with van der Waals surface area (Å²) < 4.78 is 11.6. The number of rotatable bonds is 9. The van der Waals surface area contributed by atoms with Gasteiger partial charge >= 0.3 is 0 Å². The largest absolute Gasteiger partial charge is 0.490 e. The van der Waals surface area contributed by atoms with E-state index in [0.29, 0.717) is 35.3 Å². The van der Waals surface area contributed by atoms with E-state index in [1.807, 2.05) is 19.1 Å². The minimum absolute atomic E-state index is 0.143. The van der Waals surface area contributed by atoms with Gasteiger partial charge in [-0.15, -0.1) is 0 Å². The van der Waals surface area contributed by atoms with Gasteiger partial charge in [-0.3, -0.25) is 24.6 Å². The molecule has 0 aliphatic carbocycles. The minimum atomic E-state index is -0.532. The molecule has 0 unspecified atom stereocenters. The van der Waals surface area contributed by atoms with Crippen LogP contribution in [0.4, 0.5) is 10.5 Å². The first-order chi connectivity index (χ1) is 17.4. The highest BCUT2D eigenvalue weighted by atomic mass is 35.5. The Morgan fingerprint density at radius 1 is 1.03 bits per heavy atom. The number of halogens is 1. The second-order valence-electron chi connectivity index (χ2n) is 7.71. The highest BCUT2D eigenvalue weighted by Crippen LogP contribution is 2.36. The number of thioether (sulfide) groups is 1. The van der Waals surface area contributed by atoms with Crippen molar-refractivity contribution >= 4 is 46.3 Å². The molecule has 0 atom stereocenters. The van der Waals surface area contributed by atoms with E-state index in [1.165, 1.54) is 18.2 Å². The minimum Gasteiger partial charge on any atom is -0.490 e. The molecule has 1 aliphatic rings. The number of nitrogens with zero attached hydrogens (tertiary/aromatic N) is 2. The molecule has 4 rings (SSSR count). The van der Waals surface area contributed by atoms with Crippen LogP contribution < -0.4 is 9.47 Å². The average molecular weight is 525 g/mol. The highest BCUT2D eigenvalue weighted by Gasteiger charge is 2.36. The van der Waals surface area contributed by atoms with Crippen molar-refractivity contribution < 1.29 is 24.0 Å². The van der Waals surface area contributed by atoms with Crippen LogP contribution in [0.3, 0.4) is 0 Å². The third-order valence-electron chi connectivity index (χ3n) is 5.26. The van der Waals surface area contributed by atoms with E-state index in [-0.39, 0.29) is 22.7 Å². The van der Waals surface area contributed by atoms with E-state index in [1.54, 1.807) is 42.5 Å². The van der Waals surface area contributed by atoms with Crippen LogP contribution in [0.2, 0.25) is 5.02 Å². The first-order valence-electron chi connectivity index (χ1n) is 11.0. The van der Waals surface area contributed by atoms with Crippen LogP contribution in [-0.4, -0.2) is 27.6 Å². The van der Waals surface area contributed by atoms with Crippen molar-refractivity contribution in [2.75, 3.05) is 6.61 Å². The lowest BCUT2D eigenvalue weighted by molar-refractivity contribution is -0.385. The van der Waals surface area contributed by atoms with Gasteiger partial charge in [0.05, 0.1) is 23.0 Å². The monoisotopic (exact) mass is 524 g/mol. The van der Waals surface area contributed by atoms with Crippen molar-refractivity contribution in [3.8, 4) is 11.5 Å². The standard InChI is InChI=1S/C26H21ClN2O6S/c1-2-34-23-13-18(9-12-22(23)35-16-17-7-10-20(27)11-8-17)14-24-25(30)28(26(31)36-24)15-19-5-3-4-6-21(19)29(32)33/h3-14H,2,15-16H2,1H3/b24-14+. The van der Waals surface area contributed by atoms with E-state index in [0.717, 1.165) is 22.2 Å². The molecule has 0 bridgehead atoms. The number of carbonyl (C=O) groups is 2. The van der Waals surface area contributed by atoms with E-state index in [4.69, 9.17) is 21.1 Å². The van der Waals surface area contributed by atoms with Gasteiger partial charge in [-0.2, -0.15) is 0 Å².